The number of unbranched alkanes of at least 4 members (excludes halogenated alkanes) is 1. The van der Waals surface area contributed by atoms with Crippen molar-refractivity contribution < 1.29 is 14.4 Å². The lowest BCUT2D eigenvalue weighted by atomic mass is 10.1. The number of nitrogens with one attached hydrogen (secondary N) is 1. The van der Waals surface area contributed by atoms with Crippen LogP contribution in [0.1, 0.15) is 49.9 Å². The van der Waals surface area contributed by atoms with Gasteiger partial charge < -0.3 is 10.2 Å². The first-order chi connectivity index (χ1) is 12.9. The Hall–Kier alpha value is -2.25. The molecule has 0 aliphatic carbocycles. The topological polar surface area (TPSA) is 80.6 Å². The lowest BCUT2D eigenvalue weighted by Crippen LogP contribution is -2.13. The van der Waals surface area contributed by atoms with Crippen LogP contribution in [-0.4, -0.2) is 22.0 Å². The number of amides is 1. The third kappa shape index (κ3) is 6.45. The van der Waals surface area contributed by atoms with Crippen LogP contribution in [0.25, 0.3) is 0 Å². The second kappa shape index (κ2) is 10.2. The van der Waals surface area contributed by atoms with Crippen molar-refractivity contribution in [1.82, 2.24) is 4.37 Å². The monoisotopic (exact) mass is 407 g/mol. The fourth-order valence-corrected chi connectivity index (χ4v) is 3.15. The van der Waals surface area contributed by atoms with Gasteiger partial charge in [-0.15, -0.1) is 0 Å². The Balaban J connectivity index is 1.91. The normalized spacial score (nSPS) is 11.3. The zero-order valence-corrected chi connectivity index (χ0v) is 17.1. The summed E-state index contributed by atoms with van der Waals surface area (Å²) in [5.74, 6) is -0.495. The van der Waals surface area contributed by atoms with E-state index >= 15 is 0 Å². The Morgan fingerprint density at radius 2 is 2.00 bits per heavy atom. The number of oxime groups is 1. The van der Waals surface area contributed by atoms with E-state index in [0.717, 1.165) is 35.5 Å². The van der Waals surface area contributed by atoms with Gasteiger partial charge in [0, 0.05) is 6.42 Å². The maximum Gasteiger partial charge on any atom is 0.335 e. The molecule has 2 rings (SSSR count). The Kier molecular flexibility index (Phi) is 7.94. The van der Waals surface area contributed by atoms with Gasteiger partial charge in [0.15, 0.2) is 0 Å². The van der Waals surface area contributed by atoms with Gasteiger partial charge in [0.25, 0.3) is 0 Å². The van der Waals surface area contributed by atoms with Crippen LogP contribution >= 0.6 is 23.1 Å². The Bertz CT molecular complexity index is 831. The van der Waals surface area contributed by atoms with Crippen LogP contribution in [-0.2, 0) is 20.8 Å². The minimum Gasteiger partial charge on any atom is -0.318 e. The molecule has 0 unspecified atom stereocenters. The molecule has 1 aromatic carbocycles. The van der Waals surface area contributed by atoms with E-state index in [9.17, 15) is 9.59 Å². The van der Waals surface area contributed by atoms with Gasteiger partial charge in [-0.2, -0.15) is 4.37 Å². The molecule has 0 aliphatic rings. The van der Waals surface area contributed by atoms with Crippen molar-refractivity contribution in [2.45, 2.75) is 46.5 Å². The van der Waals surface area contributed by atoms with Gasteiger partial charge in [-0.05, 0) is 42.9 Å². The third-order valence-electron chi connectivity index (χ3n) is 3.80. The predicted octanol–water partition coefficient (Wildman–Crippen LogP) is 4.74. The summed E-state index contributed by atoms with van der Waals surface area (Å²) >= 11 is 7.24. The summed E-state index contributed by atoms with van der Waals surface area (Å²) in [4.78, 5) is 28.6. The molecule has 1 amide bonds. The molecule has 0 saturated carbocycles. The van der Waals surface area contributed by atoms with E-state index in [1.807, 2.05) is 31.2 Å². The molecule has 0 aliphatic heterocycles. The fraction of sp³-hybridized carbons (Fsp3) is 0.368. The maximum atomic E-state index is 12.2. The zero-order valence-electron chi connectivity index (χ0n) is 15.5. The van der Waals surface area contributed by atoms with E-state index in [4.69, 9.17) is 16.4 Å². The molecule has 0 bridgehead atoms. The molecule has 6 nitrogen and oxygen atoms in total. The second-order valence-corrected chi connectivity index (χ2v) is 7.23. The molecular formula is C19H22ClN3O3S. The number of aromatic nitrogens is 1. The number of carbonyl (C=O) groups is 2. The summed E-state index contributed by atoms with van der Waals surface area (Å²) in [6.07, 6.45) is 2.30. The van der Waals surface area contributed by atoms with E-state index in [0.29, 0.717) is 27.9 Å². The first-order valence-electron chi connectivity index (χ1n) is 8.66. The number of benzene rings is 1. The molecule has 0 radical (unpaired) electrons. The molecule has 8 heteroatoms. The van der Waals surface area contributed by atoms with Crippen LogP contribution in [0.2, 0.25) is 5.02 Å². The van der Waals surface area contributed by atoms with E-state index < -0.39 is 0 Å². The number of carbonyl (C=O) groups excluding carboxylic acids is 2. The average molecular weight is 408 g/mol. The van der Waals surface area contributed by atoms with Gasteiger partial charge in [0.05, 0.1) is 22.8 Å². The Labute approximate surface area is 167 Å². The van der Waals surface area contributed by atoms with E-state index in [1.165, 1.54) is 0 Å². The molecule has 144 valence electrons. The largest absolute Gasteiger partial charge is 0.335 e. The van der Waals surface area contributed by atoms with Crippen molar-refractivity contribution in [2.75, 3.05) is 5.32 Å². The van der Waals surface area contributed by atoms with Gasteiger partial charge in [-0.3, -0.25) is 4.79 Å². The number of hydrogen-bond acceptors (Lipinski definition) is 6. The quantitative estimate of drug-likeness (QED) is 0.389. The molecule has 0 saturated heterocycles. The lowest BCUT2D eigenvalue weighted by molar-refractivity contribution is -0.143. The maximum absolute atomic E-state index is 12.2. The van der Waals surface area contributed by atoms with Gasteiger partial charge in [0.1, 0.15) is 5.00 Å². The molecule has 27 heavy (non-hydrogen) atoms. The Morgan fingerprint density at radius 1 is 1.30 bits per heavy atom. The van der Waals surface area contributed by atoms with Crippen molar-refractivity contribution in [3.63, 3.8) is 0 Å². The van der Waals surface area contributed by atoms with Crippen LogP contribution in [0, 0.1) is 6.92 Å². The standard InChI is InChI=1S/C19H22ClN3O3S/c1-4-5-6-17(25)26-22-12(2)15-9-7-14(8-10-15)11-16(24)21-19-18(20)13(3)23-27-19/h7-10H,4-6,11H2,1-3H3,(H,21,24)/b22-12+. The minimum absolute atomic E-state index is 0.163. The summed E-state index contributed by atoms with van der Waals surface area (Å²) in [7, 11) is 0. The van der Waals surface area contributed by atoms with Gasteiger partial charge >= 0.3 is 5.97 Å². The highest BCUT2D eigenvalue weighted by atomic mass is 35.5. The molecule has 0 atom stereocenters. The third-order valence-corrected chi connectivity index (χ3v) is 5.23. The molecule has 1 N–H and O–H groups in total. The number of nitrogens with zero attached hydrogens (tertiary/aromatic N) is 2. The summed E-state index contributed by atoms with van der Waals surface area (Å²) in [5.41, 5.74) is 2.97. The van der Waals surface area contributed by atoms with Crippen molar-refractivity contribution in [1.29, 1.82) is 0 Å². The number of hydrogen-bond donors (Lipinski definition) is 1. The number of aryl methyl sites for hydroxylation is 1. The van der Waals surface area contributed by atoms with E-state index in [1.54, 1.807) is 13.8 Å². The number of rotatable bonds is 8. The summed E-state index contributed by atoms with van der Waals surface area (Å²) in [5, 5.41) is 7.68. The van der Waals surface area contributed by atoms with Crippen molar-refractivity contribution in [2.24, 2.45) is 5.16 Å². The first-order valence-corrected chi connectivity index (χ1v) is 9.81. The molecule has 1 heterocycles. The zero-order chi connectivity index (χ0) is 19.8. The molecular weight excluding hydrogens is 386 g/mol. The van der Waals surface area contributed by atoms with Crippen LogP contribution in [0.5, 0.6) is 0 Å². The number of halogens is 1. The highest BCUT2D eigenvalue weighted by molar-refractivity contribution is 7.11. The van der Waals surface area contributed by atoms with Crippen molar-refractivity contribution >= 4 is 45.7 Å². The Morgan fingerprint density at radius 3 is 2.59 bits per heavy atom. The highest BCUT2D eigenvalue weighted by Crippen LogP contribution is 2.29. The summed E-state index contributed by atoms with van der Waals surface area (Å²) in [6, 6.07) is 7.36. The molecule has 0 fully saturated rings. The summed E-state index contributed by atoms with van der Waals surface area (Å²) in [6.45, 7) is 5.57. The summed E-state index contributed by atoms with van der Waals surface area (Å²) < 4.78 is 4.10. The SMILES string of the molecule is CCCCC(=O)O/N=C(\C)c1ccc(CC(=O)Nc2snc(C)c2Cl)cc1. The van der Waals surface area contributed by atoms with Crippen LogP contribution < -0.4 is 5.32 Å². The van der Waals surface area contributed by atoms with Gasteiger partial charge in [0.2, 0.25) is 5.91 Å². The average Bonchev–Trinajstić information content (AvgIpc) is 2.97. The molecule has 0 spiro atoms. The predicted molar refractivity (Wildman–Crippen MR) is 108 cm³/mol. The smallest absolute Gasteiger partial charge is 0.318 e. The van der Waals surface area contributed by atoms with Crippen LogP contribution in [0.15, 0.2) is 29.4 Å². The van der Waals surface area contributed by atoms with E-state index in [2.05, 4.69) is 14.8 Å². The molecule has 2 aromatic rings. The van der Waals surface area contributed by atoms with Crippen molar-refractivity contribution in [3.05, 3.63) is 46.1 Å². The van der Waals surface area contributed by atoms with Crippen molar-refractivity contribution in [3.8, 4) is 0 Å². The number of anilines is 1. The molecule has 1 aromatic heterocycles. The van der Waals surface area contributed by atoms with Gasteiger partial charge in [-0.25, -0.2) is 4.79 Å². The van der Waals surface area contributed by atoms with Crippen LogP contribution in [0.3, 0.4) is 0 Å². The fourth-order valence-electron chi connectivity index (χ4n) is 2.20. The minimum atomic E-state index is -0.332. The van der Waals surface area contributed by atoms with Gasteiger partial charge in [-0.1, -0.05) is 54.4 Å². The highest BCUT2D eigenvalue weighted by Gasteiger charge is 2.12. The van der Waals surface area contributed by atoms with E-state index in [-0.39, 0.29) is 18.3 Å². The second-order valence-electron chi connectivity index (χ2n) is 6.08. The lowest BCUT2D eigenvalue weighted by Gasteiger charge is -2.05. The first kappa shape index (κ1) is 21.1. The van der Waals surface area contributed by atoms with Crippen LogP contribution in [0.4, 0.5) is 5.00 Å².